The summed E-state index contributed by atoms with van der Waals surface area (Å²) in [6, 6.07) is 6.00. The molecule has 0 bridgehead atoms. The van der Waals surface area contributed by atoms with Gasteiger partial charge in [-0.2, -0.15) is 0 Å². The Labute approximate surface area is 119 Å². The van der Waals surface area contributed by atoms with Crippen LogP contribution in [0.4, 0.5) is 11.4 Å². The number of rotatable bonds is 3. The lowest BCUT2D eigenvalue weighted by molar-refractivity contribution is 0.105. The van der Waals surface area contributed by atoms with E-state index in [4.69, 9.17) is 5.73 Å². The SMILES string of the molecule is Nc1c(NCC2CCCC(O)C2)ccc2cnccc12. The first kappa shape index (κ1) is 13.2. The zero-order chi connectivity index (χ0) is 13.9. The molecule has 4 heteroatoms. The lowest BCUT2D eigenvalue weighted by Gasteiger charge is -2.26. The third-order valence-electron chi connectivity index (χ3n) is 4.20. The highest BCUT2D eigenvalue weighted by Gasteiger charge is 2.20. The Bertz CT molecular complexity index is 599. The lowest BCUT2D eigenvalue weighted by atomic mass is 9.87. The molecule has 1 aliphatic rings. The molecule has 3 rings (SSSR count). The first-order valence-electron chi connectivity index (χ1n) is 7.28. The van der Waals surface area contributed by atoms with Crippen molar-refractivity contribution < 1.29 is 5.11 Å². The highest BCUT2D eigenvalue weighted by atomic mass is 16.3. The van der Waals surface area contributed by atoms with Crippen molar-refractivity contribution in [1.29, 1.82) is 0 Å². The molecule has 1 heterocycles. The van der Waals surface area contributed by atoms with E-state index in [1.165, 1.54) is 6.42 Å². The predicted octanol–water partition coefficient (Wildman–Crippen LogP) is 2.78. The van der Waals surface area contributed by atoms with Crippen molar-refractivity contribution in [2.24, 2.45) is 5.92 Å². The van der Waals surface area contributed by atoms with E-state index in [0.717, 1.165) is 48.0 Å². The Morgan fingerprint density at radius 3 is 3.05 bits per heavy atom. The van der Waals surface area contributed by atoms with Gasteiger partial charge in [0.25, 0.3) is 0 Å². The van der Waals surface area contributed by atoms with Gasteiger partial charge in [0.05, 0.1) is 17.5 Å². The molecule has 106 valence electrons. The third kappa shape index (κ3) is 2.70. The van der Waals surface area contributed by atoms with Crippen LogP contribution in [0.15, 0.2) is 30.6 Å². The summed E-state index contributed by atoms with van der Waals surface area (Å²) in [6.07, 6.45) is 7.60. The number of aromatic nitrogens is 1. The summed E-state index contributed by atoms with van der Waals surface area (Å²) in [7, 11) is 0. The summed E-state index contributed by atoms with van der Waals surface area (Å²) in [4.78, 5) is 4.11. The summed E-state index contributed by atoms with van der Waals surface area (Å²) in [5.74, 6) is 0.534. The highest BCUT2D eigenvalue weighted by Crippen LogP contribution is 2.29. The molecule has 1 aliphatic carbocycles. The smallest absolute Gasteiger partial charge is 0.0630 e. The van der Waals surface area contributed by atoms with Gasteiger partial charge >= 0.3 is 0 Å². The van der Waals surface area contributed by atoms with E-state index in [9.17, 15) is 5.11 Å². The van der Waals surface area contributed by atoms with Gasteiger partial charge in [-0.15, -0.1) is 0 Å². The van der Waals surface area contributed by atoms with Gasteiger partial charge in [0.2, 0.25) is 0 Å². The lowest BCUT2D eigenvalue weighted by Crippen LogP contribution is -2.25. The maximum atomic E-state index is 9.71. The average molecular weight is 271 g/mol. The van der Waals surface area contributed by atoms with Crippen LogP contribution < -0.4 is 11.1 Å². The fraction of sp³-hybridized carbons (Fsp3) is 0.438. The van der Waals surface area contributed by atoms with Crippen LogP contribution in [0.2, 0.25) is 0 Å². The number of hydrogen-bond donors (Lipinski definition) is 3. The highest BCUT2D eigenvalue weighted by molar-refractivity contribution is 5.98. The van der Waals surface area contributed by atoms with Crippen molar-refractivity contribution >= 4 is 22.1 Å². The Balaban J connectivity index is 1.72. The second kappa shape index (κ2) is 5.67. The zero-order valence-corrected chi connectivity index (χ0v) is 11.5. The van der Waals surface area contributed by atoms with Crippen LogP contribution in [-0.2, 0) is 0 Å². The number of benzene rings is 1. The number of anilines is 2. The van der Waals surface area contributed by atoms with Gasteiger partial charge in [-0.05, 0) is 37.3 Å². The molecular formula is C16H21N3O. The largest absolute Gasteiger partial charge is 0.397 e. The predicted molar refractivity (Wildman–Crippen MR) is 82.6 cm³/mol. The molecule has 4 nitrogen and oxygen atoms in total. The molecule has 2 aromatic rings. The molecular weight excluding hydrogens is 250 g/mol. The van der Waals surface area contributed by atoms with E-state index in [-0.39, 0.29) is 6.10 Å². The maximum Gasteiger partial charge on any atom is 0.0630 e. The Hall–Kier alpha value is -1.81. The molecule has 1 fully saturated rings. The van der Waals surface area contributed by atoms with Crippen molar-refractivity contribution in [1.82, 2.24) is 4.98 Å². The molecule has 0 saturated heterocycles. The number of pyridine rings is 1. The summed E-state index contributed by atoms with van der Waals surface area (Å²) < 4.78 is 0. The minimum atomic E-state index is -0.129. The van der Waals surface area contributed by atoms with Crippen LogP contribution in [0.5, 0.6) is 0 Å². The van der Waals surface area contributed by atoms with Gasteiger partial charge in [0, 0.05) is 29.7 Å². The maximum absolute atomic E-state index is 9.71. The number of hydrogen-bond acceptors (Lipinski definition) is 4. The molecule has 1 saturated carbocycles. The van der Waals surface area contributed by atoms with Gasteiger partial charge < -0.3 is 16.2 Å². The van der Waals surface area contributed by atoms with Gasteiger partial charge in [0.15, 0.2) is 0 Å². The molecule has 4 N–H and O–H groups in total. The van der Waals surface area contributed by atoms with Crippen LogP contribution in [-0.4, -0.2) is 22.7 Å². The standard InChI is InChI=1S/C16H21N3O/c17-16-14-6-7-18-10-12(14)4-5-15(16)19-9-11-2-1-3-13(20)8-11/h4-7,10-11,13,19-20H,1-3,8-9,17H2. The average Bonchev–Trinajstić information content (AvgIpc) is 2.47. The Morgan fingerprint density at radius 2 is 2.20 bits per heavy atom. The summed E-state index contributed by atoms with van der Waals surface area (Å²) in [5, 5.41) is 15.2. The monoisotopic (exact) mass is 271 g/mol. The van der Waals surface area contributed by atoms with Gasteiger partial charge in [-0.25, -0.2) is 0 Å². The van der Waals surface area contributed by atoms with E-state index in [1.807, 2.05) is 24.4 Å². The first-order valence-corrected chi connectivity index (χ1v) is 7.28. The second-order valence-corrected chi connectivity index (χ2v) is 5.69. The normalized spacial score (nSPS) is 22.9. The quantitative estimate of drug-likeness (QED) is 0.751. The van der Waals surface area contributed by atoms with Crippen molar-refractivity contribution in [3.05, 3.63) is 30.6 Å². The molecule has 0 radical (unpaired) electrons. The first-order chi connectivity index (χ1) is 9.74. The van der Waals surface area contributed by atoms with Crippen LogP contribution in [0.25, 0.3) is 10.8 Å². The van der Waals surface area contributed by atoms with Crippen LogP contribution in [0.1, 0.15) is 25.7 Å². The van der Waals surface area contributed by atoms with E-state index in [1.54, 1.807) is 6.20 Å². The van der Waals surface area contributed by atoms with Crippen LogP contribution in [0, 0.1) is 5.92 Å². The minimum absolute atomic E-state index is 0.129. The van der Waals surface area contributed by atoms with Crippen molar-refractivity contribution in [3.63, 3.8) is 0 Å². The second-order valence-electron chi connectivity index (χ2n) is 5.69. The van der Waals surface area contributed by atoms with E-state index < -0.39 is 0 Å². The number of aliphatic hydroxyl groups excluding tert-OH is 1. The molecule has 20 heavy (non-hydrogen) atoms. The number of fused-ring (bicyclic) bond motifs is 1. The fourth-order valence-corrected chi connectivity index (χ4v) is 3.05. The number of nitrogens with one attached hydrogen (secondary N) is 1. The number of aliphatic hydroxyl groups is 1. The molecule has 0 aliphatic heterocycles. The molecule has 0 amide bonds. The van der Waals surface area contributed by atoms with Crippen LogP contribution in [0.3, 0.4) is 0 Å². The van der Waals surface area contributed by atoms with Gasteiger partial charge in [-0.1, -0.05) is 12.5 Å². The van der Waals surface area contributed by atoms with Crippen molar-refractivity contribution in [2.45, 2.75) is 31.8 Å². The minimum Gasteiger partial charge on any atom is -0.397 e. The van der Waals surface area contributed by atoms with E-state index >= 15 is 0 Å². The molecule has 1 aromatic carbocycles. The Kier molecular flexibility index (Phi) is 3.74. The Morgan fingerprint density at radius 1 is 1.30 bits per heavy atom. The molecule has 1 aromatic heterocycles. The van der Waals surface area contributed by atoms with Gasteiger partial charge in [-0.3, -0.25) is 4.98 Å². The van der Waals surface area contributed by atoms with E-state index in [2.05, 4.69) is 10.3 Å². The number of nitrogens with two attached hydrogens (primary N) is 1. The third-order valence-corrected chi connectivity index (χ3v) is 4.20. The fourth-order valence-electron chi connectivity index (χ4n) is 3.05. The van der Waals surface area contributed by atoms with Crippen molar-refractivity contribution in [3.8, 4) is 0 Å². The topological polar surface area (TPSA) is 71.2 Å². The van der Waals surface area contributed by atoms with Gasteiger partial charge in [0.1, 0.15) is 0 Å². The van der Waals surface area contributed by atoms with E-state index in [0.29, 0.717) is 5.92 Å². The summed E-state index contributed by atoms with van der Waals surface area (Å²) in [6.45, 7) is 0.873. The summed E-state index contributed by atoms with van der Waals surface area (Å²) in [5.41, 5.74) is 7.98. The number of nitrogen functional groups attached to an aromatic ring is 1. The summed E-state index contributed by atoms with van der Waals surface area (Å²) >= 11 is 0. The molecule has 2 atom stereocenters. The number of nitrogens with zero attached hydrogens (tertiary/aromatic N) is 1. The molecule has 0 spiro atoms. The van der Waals surface area contributed by atoms with Crippen LogP contribution >= 0.6 is 0 Å². The van der Waals surface area contributed by atoms with Crippen molar-refractivity contribution in [2.75, 3.05) is 17.6 Å². The zero-order valence-electron chi connectivity index (χ0n) is 11.5. The molecule has 2 unspecified atom stereocenters.